The molecule has 1 aromatic carbocycles. The summed E-state index contributed by atoms with van der Waals surface area (Å²) in [7, 11) is 0. The van der Waals surface area contributed by atoms with Crippen LogP contribution in [0.2, 0.25) is 0 Å². The molecule has 0 fully saturated rings. The van der Waals surface area contributed by atoms with Crippen LogP contribution in [0, 0.1) is 6.92 Å². The Morgan fingerprint density at radius 3 is 2.55 bits per heavy atom. The molecule has 0 bridgehead atoms. The number of ketones is 1. The van der Waals surface area contributed by atoms with Crippen molar-refractivity contribution < 1.29 is 9.90 Å². The molecule has 1 N–H and O–H groups in total. The van der Waals surface area contributed by atoms with Crippen LogP contribution in [0.3, 0.4) is 0 Å². The first-order valence-electron chi connectivity index (χ1n) is 3.24. The van der Waals surface area contributed by atoms with Gasteiger partial charge in [0.15, 0.2) is 5.78 Å². The molecule has 0 aromatic heterocycles. The van der Waals surface area contributed by atoms with Crippen LogP contribution in [-0.2, 0) is 6.61 Å². The van der Waals surface area contributed by atoms with E-state index in [-0.39, 0.29) is 6.61 Å². The van der Waals surface area contributed by atoms with E-state index >= 15 is 0 Å². The van der Waals surface area contributed by atoms with Gasteiger partial charge >= 0.3 is 0 Å². The first-order chi connectivity index (χ1) is 5.25. The Morgan fingerprint density at radius 1 is 1.45 bits per heavy atom. The Kier molecular flexibility index (Phi) is 2.39. The molecule has 0 aliphatic carbocycles. The van der Waals surface area contributed by atoms with Gasteiger partial charge in [-0.25, -0.2) is 0 Å². The van der Waals surface area contributed by atoms with Crippen LogP contribution >= 0.6 is 0 Å². The Balaban J connectivity index is 3.12. The molecule has 11 heavy (non-hydrogen) atoms. The molecule has 0 aliphatic rings. The topological polar surface area (TPSA) is 37.3 Å². The minimum absolute atomic E-state index is 0.154. The molecule has 0 aliphatic heterocycles. The van der Waals surface area contributed by atoms with Crippen molar-refractivity contribution in [3.63, 3.8) is 0 Å². The molecule has 0 unspecified atom stereocenters. The average Bonchev–Trinajstić information content (AvgIpc) is 2.04. The normalized spacial score (nSPS) is 9.64. The average molecular weight is 148 g/mol. The van der Waals surface area contributed by atoms with Gasteiger partial charge in [0, 0.05) is 12.5 Å². The van der Waals surface area contributed by atoms with E-state index < -0.39 is 5.78 Å². The largest absolute Gasteiger partial charge is 0.392 e. The number of hydrogen-bond acceptors (Lipinski definition) is 2. The van der Waals surface area contributed by atoms with Gasteiger partial charge in [-0.05, 0) is 5.56 Å². The van der Waals surface area contributed by atoms with Gasteiger partial charge in [0.1, 0.15) is 0 Å². The summed E-state index contributed by atoms with van der Waals surface area (Å²) >= 11 is 0. The van der Waals surface area contributed by atoms with Crippen molar-refractivity contribution in [1.29, 1.82) is 0 Å². The molecule has 0 saturated heterocycles. The molecule has 0 saturated carbocycles. The lowest BCUT2D eigenvalue weighted by Crippen LogP contribution is -1.98. The van der Waals surface area contributed by atoms with Gasteiger partial charge in [-0.3, -0.25) is 4.79 Å². The Labute approximate surface area is 65.5 Å². The maximum atomic E-state index is 10.7. The number of benzene rings is 1. The highest BCUT2D eigenvalue weighted by atomic mass is 16.3. The van der Waals surface area contributed by atoms with Crippen LogP contribution in [0.15, 0.2) is 24.3 Å². The van der Waals surface area contributed by atoms with E-state index in [1.165, 1.54) is 0 Å². The standard InChI is InChI=1S/C9H8O2/c1-7(11)9-5-3-2-4-8(9)6-10/h1-5,10H,6H2. The maximum absolute atomic E-state index is 10.7. The van der Waals surface area contributed by atoms with Crippen molar-refractivity contribution in [1.82, 2.24) is 0 Å². The smallest absolute Gasteiger partial charge is 0.167 e. The summed E-state index contributed by atoms with van der Waals surface area (Å²) in [6.45, 7) is 4.89. The van der Waals surface area contributed by atoms with Gasteiger partial charge in [-0.15, -0.1) is 0 Å². The highest BCUT2D eigenvalue weighted by molar-refractivity contribution is 6.00. The Bertz CT molecular complexity index is 266. The fraction of sp³-hybridized carbons (Fsp3) is 0.111. The van der Waals surface area contributed by atoms with Crippen LogP contribution in [0.1, 0.15) is 15.9 Å². The highest BCUT2D eigenvalue weighted by Crippen LogP contribution is 2.08. The second-order valence-electron chi connectivity index (χ2n) is 2.18. The fourth-order valence-corrected chi connectivity index (χ4v) is 0.899. The molecule has 0 amide bonds. The quantitative estimate of drug-likeness (QED) is 0.637. The molecule has 2 radical (unpaired) electrons. The number of aliphatic hydroxyl groups is 1. The van der Waals surface area contributed by atoms with E-state index in [0.29, 0.717) is 11.1 Å². The Morgan fingerprint density at radius 2 is 2.09 bits per heavy atom. The highest BCUT2D eigenvalue weighted by Gasteiger charge is 2.03. The van der Waals surface area contributed by atoms with E-state index in [9.17, 15) is 4.79 Å². The van der Waals surface area contributed by atoms with Crippen molar-refractivity contribution >= 4 is 5.78 Å². The number of hydrogen-bond donors (Lipinski definition) is 1. The second-order valence-corrected chi connectivity index (χ2v) is 2.18. The summed E-state index contributed by atoms with van der Waals surface area (Å²) in [5.41, 5.74) is 0.954. The molecule has 2 nitrogen and oxygen atoms in total. The molecule has 1 aromatic rings. The predicted molar refractivity (Wildman–Crippen MR) is 41.0 cm³/mol. The molecular formula is C9H8O2. The van der Waals surface area contributed by atoms with E-state index in [1.807, 2.05) is 0 Å². The second kappa shape index (κ2) is 3.30. The lowest BCUT2D eigenvalue weighted by molar-refractivity contribution is 0.104. The van der Waals surface area contributed by atoms with E-state index in [4.69, 9.17) is 12.0 Å². The van der Waals surface area contributed by atoms with Gasteiger partial charge in [-0.2, -0.15) is 0 Å². The zero-order valence-corrected chi connectivity index (χ0v) is 5.95. The van der Waals surface area contributed by atoms with E-state index in [0.717, 1.165) is 0 Å². The summed E-state index contributed by atoms with van der Waals surface area (Å²) in [4.78, 5) is 10.7. The third kappa shape index (κ3) is 1.65. The van der Waals surface area contributed by atoms with Gasteiger partial charge < -0.3 is 5.11 Å². The monoisotopic (exact) mass is 148 g/mol. The predicted octanol–water partition coefficient (Wildman–Crippen LogP) is 1.07. The van der Waals surface area contributed by atoms with Crippen LogP contribution in [0.5, 0.6) is 0 Å². The van der Waals surface area contributed by atoms with Crippen molar-refractivity contribution in [3.05, 3.63) is 42.3 Å². The molecule has 56 valence electrons. The van der Waals surface area contributed by atoms with E-state index in [2.05, 4.69) is 0 Å². The SMILES string of the molecule is [CH]C(=O)c1ccccc1CO. The lowest BCUT2D eigenvalue weighted by Gasteiger charge is -2.00. The molecule has 0 spiro atoms. The Hall–Kier alpha value is -1.15. The van der Waals surface area contributed by atoms with Crippen molar-refractivity contribution in [2.75, 3.05) is 0 Å². The number of Topliss-reactive ketones (excluding diaryl/α,β-unsaturated/α-hetero) is 1. The molecule has 2 heteroatoms. The summed E-state index contributed by atoms with van der Waals surface area (Å²) < 4.78 is 0. The van der Waals surface area contributed by atoms with Gasteiger partial charge in [-0.1, -0.05) is 24.3 Å². The van der Waals surface area contributed by atoms with Crippen LogP contribution in [0.4, 0.5) is 0 Å². The first kappa shape index (κ1) is 7.95. The molecule has 0 atom stereocenters. The molecule has 1 rings (SSSR count). The number of carbonyl (C=O) groups excluding carboxylic acids is 1. The zero-order valence-electron chi connectivity index (χ0n) is 5.95. The summed E-state index contributed by atoms with van der Waals surface area (Å²) in [6.07, 6.45) is 0. The lowest BCUT2D eigenvalue weighted by atomic mass is 10.1. The summed E-state index contributed by atoms with van der Waals surface area (Å²) in [6, 6.07) is 6.71. The van der Waals surface area contributed by atoms with Crippen molar-refractivity contribution in [2.24, 2.45) is 0 Å². The minimum Gasteiger partial charge on any atom is -0.392 e. The minimum atomic E-state index is -0.505. The third-order valence-electron chi connectivity index (χ3n) is 1.45. The van der Waals surface area contributed by atoms with Crippen molar-refractivity contribution in [3.8, 4) is 0 Å². The van der Waals surface area contributed by atoms with Crippen LogP contribution < -0.4 is 0 Å². The third-order valence-corrected chi connectivity index (χ3v) is 1.45. The van der Waals surface area contributed by atoms with Crippen molar-refractivity contribution in [2.45, 2.75) is 6.61 Å². The molecule has 0 heterocycles. The summed E-state index contributed by atoms with van der Waals surface area (Å²) in [5, 5.41) is 8.76. The fourth-order valence-electron chi connectivity index (χ4n) is 0.899. The van der Waals surface area contributed by atoms with Gasteiger partial charge in [0.05, 0.1) is 6.61 Å². The van der Waals surface area contributed by atoms with Gasteiger partial charge in [0.2, 0.25) is 0 Å². The number of rotatable bonds is 2. The summed E-state index contributed by atoms with van der Waals surface area (Å²) in [5.74, 6) is -0.505. The maximum Gasteiger partial charge on any atom is 0.167 e. The van der Waals surface area contributed by atoms with E-state index in [1.54, 1.807) is 24.3 Å². The van der Waals surface area contributed by atoms with Crippen LogP contribution in [0.25, 0.3) is 0 Å². The zero-order chi connectivity index (χ0) is 8.27. The van der Waals surface area contributed by atoms with Crippen LogP contribution in [-0.4, -0.2) is 10.9 Å². The molecular weight excluding hydrogens is 140 g/mol. The number of aliphatic hydroxyl groups excluding tert-OH is 1. The number of carbonyl (C=O) groups is 1. The van der Waals surface area contributed by atoms with Gasteiger partial charge in [0.25, 0.3) is 0 Å². The first-order valence-corrected chi connectivity index (χ1v) is 3.24.